The number of rotatable bonds is 3. The highest BCUT2D eigenvalue weighted by Crippen LogP contribution is 2.45. The van der Waals surface area contributed by atoms with Gasteiger partial charge >= 0.3 is 0 Å². The smallest absolute Gasteiger partial charge is 0.221 e. The van der Waals surface area contributed by atoms with Gasteiger partial charge in [0.2, 0.25) is 17.7 Å². The van der Waals surface area contributed by atoms with Crippen LogP contribution in [0.4, 0.5) is 34.1 Å². The summed E-state index contributed by atoms with van der Waals surface area (Å²) in [6.07, 6.45) is 0. The molecule has 0 saturated carbocycles. The fraction of sp³-hybridized carbons (Fsp3) is 0.250. The standard InChI is InChI=1S/C12H18N6O3/c1-4(19)16-10-7(13)11(17-5(2)20)9(15)12(8(10)14)18-6(3)21/h13-15H2,1-3H3,(H,16,19)(H,17,20)(H,18,21). The summed E-state index contributed by atoms with van der Waals surface area (Å²) in [4.78, 5) is 33.7. The van der Waals surface area contributed by atoms with Crippen molar-refractivity contribution in [1.82, 2.24) is 0 Å². The Morgan fingerprint density at radius 3 is 0.952 bits per heavy atom. The maximum atomic E-state index is 11.2. The zero-order chi connectivity index (χ0) is 16.3. The van der Waals surface area contributed by atoms with Crippen LogP contribution >= 0.6 is 0 Å². The quantitative estimate of drug-likeness (QED) is 0.439. The van der Waals surface area contributed by atoms with Crippen LogP contribution in [0.2, 0.25) is 0 Å². The maximum Gasteiger partial charge on any atom is 0.221 e. The number of carbonyl (C=O) groups excluding carboxylic acids is 3. The molecule has 0 fully saturated rings. The first-order valence-corrected chi connectivity index (χ1v) is 5.98. The number of nitrogens with two attached hydrogens (primary N) is 3. The van der Waals surface area contributed by atoms with E-state index in [1.807, 2.05) is 0 Å². The van der Waals surface area contributed by atoms with E-state index in [1.165, 1.54) is 20.8 Å². The normalized spacial score (nSPS) is 9.86. The Kier molecular flexibility index (Phi) is 4.59. The van der Waals surface area contributed by atoms with E-state index in [-0.39, 0.29) is 34.1 Å². The van der Waals surface area contributed by atoms with Crippen molar-refractivity contribution >= 4 is 51.8 Å². The third-order valence-corrected chi connectivity index (χ3v) is 2.52. The van der Waals surface area contributed by atoms with Crippen LogP contribution in [0.1, 0.15) is 20.8 Å². The molecule has 0 atom stereocenters. The molecular weight excluding hydrogens is 276 g/mol. The van der Waals surface area contributed by atoms with Gasteiger partial charge in [0.05, 0.1) is 34.1 Å². The third-order valence-electron chi connectivity index (χ3n) is 2.52. The second-order valence-electron chi connectivity index (χ2n) is 4.41. The van der Waals surface area contributed by atoms with Crippen LogP contribution in [0.5, 0.6) is 0 Å². The average Bonchev–Trinajstić information content (AvgIpc) is 2.35. The molecule has 0 bridgehead atoms. The Morgan fingerprint density at radius 2 is 0.810 bits per heavy atom. The van der Waals surface area contributed by atoms with Gasteiger partial charge < -0.3 is 33.2 Å². The number of hydrogen-bond acceptors (Lipinski definition) is 6. The van der Waals surface area contributed by atoms with Crippen molar-refractivity contribution < 1.29 is 14.4 Å². The number of amides is 3. The summed E-state index contributed by atoms with van der Waals surface area (Å²) >= 11 is 0. The topological polar surface area (TPSA) is 165 Å². The van der Waals surface area contributed by atoms with Gasteiger partial charge in [0, 0.05) is 20.8 Å². The van der Waals surface area contributed by atoms with E-state index >= 15 is 0 Å². The molecule has 1 aromatic carbocycles. The lowest BCUT2D eigenvalue weighted by molar-refractivity contribution is -0.115. The summed E-state index contributed by atoms with van der Waals surface area (Å²) in [6, 6.07) is 0. The SMILES string of the molecule is CC(=O)Nc1c(N)c(NC(C)=O)c(N)c(NC(C)=O)c1N. The molecule has 0 aliphatic heterocycles. The van der Waals surface area contributed by atoms with Crippen molar-refractivity contribution in [1.29, 1.82) is 0 Å². The fourth-order valence-electron chi connectivity index (χ4n) is 1.74. The molecule has 1 rings (SSSR count). The summed E-state index contributed by atoms with van der Waals surface area (Å²) in [5.41, 5.74) is 17.9. The van der Waals surface area contributed by atoms with Gasteiger partial charge in [-0.1, -0.05) is 0 Å². The number of anilines is 6. The lowest BCUT2D eigenvalue weighted by Crippen LogP contribution is -2.19. The highest BCUT2D eigenvalue weighted by Gasteiger charge is 2.21. The minimum atomic E-state index is -0.416. The Morgan fingerprint density at radius 1 is 0.619 bits per heavy atom. The second-order valence-corrected chi connectivity index (χ2v) is 4.41. The number of carbonyl (C=O) groups is 3. The highest BCUT2D eigenvalue weighted by atomic mass is 16.2. The molecule has 0 aliphatic carbocycles. The summed E-state index contributed by atoms with van der Waals surface area (Å²) in [6.45, 7) is 3.81. The first kappa shape index (κ1) is 16.1. The number of nitrogen functional groups attached to an aromatic ring is 3. The van der Waals surface area contributed by atoms with Gasteiger partial charge in [0.1, 0.15) is 0 Å². The molecule has 0 aromatic heterocycles. The minimum Gasteiger partial charge on any atom is -0.395 e. The predicted molar refractivity (Wildman–Crippen MR) is 82.6 cm³/mol. The summed E-state index contributed by atoms with van der Waals surface area (Å²) in [7, 11) is 0. The van der Waals surface area contributed by atoms with Gasteiger partial charge in [-0.3, -0.25) is 14.4 Å². The van der Waals surface area contributed by atoms with Crippen molar-refractivity contribution in [2.24, 2.45) is 0 Å². The van der Waals surface area contributed by atoms with Crippen molar-refractivity contribution in [3.05, 3.63) is 0 Å². The molecule has 0 spiro atoms. The van der Waals surface area contributed by atoms with Gasteiger partial charge in [-0.25, -0.2) is 0 Å². The van der Waals surface area contributed by atoms with Crippen LogP contribution in [0, 0.1) is 0 Å². The zero-order valence-corrected chi connectivity index (χ0v) is 12.0. The second kappa shape index (κ2) is 5.99. The van der Waals surface area contributed by atoms with Gasteiger partial charge in [-0.05, 0) is 0 Å². The van der Waals surface area contributed by atoms with Gasteiger partial charge in [0.25, 0.3) is 0 Å². The summed E-state index contributed by atoms with van der Waals surface area (Å²) in [5.74, 6) is -1.25. The van der Waals surface area contributed by atoms with Crippen molar-refractivity contribution in [3.63, 3.8) is 0 Å². The monoisotopic (exact) mass is 294 g/mol. The first-order valence-electron chi connectivity index (χ1n) is 5.98. The molecule has 0 unspecified atom stereocenters. The molecule has 1 aromatic rings. The van der Waals surface area contributed by atoms with Crippen molar-refractivity contribution in [2.75, 3.05) is 33.2 Å². The van der Waals surface area contributed by atoms with Crippen LogP contribution in [-0.2, 0) is 14.4 Å². The lowest BCUT2D eigenvalue weighted by atomic mass is 10.1. The molecule has 3 amide bonds. The van der Waals surface area contributed by atoms with Crippen molar-refractivity contribution in [2.45, 2.75) is 20.8 Å². The van der Waals surface area contributed by atoms with E-state index < -0.39 is 17.7 Å². The largest absolute Gasteiger partial charge is 0.395 e. The van der Waals surface area contributed by atoms with Crippen LogP contribution in [-0.4, -0.2) is 17.7 Å². The fourth-order valence-corrected chi connectivity index (χ4v) is 1.74. The molecule has 0 saturated heterocycles. The Bertz CT molecular complexity index is 519. The Labute approximate surface area is 121 Å². The van der Waals surface area contributed by atoms with E-state index in [0.29, 0.717) is 0 Å². The molecule has 0 aliphatic rings. The number of nitrogens with one attached hydrogen (secondary N) is 3. The van der Waals surface area contributed by atoms with Crippen LogP contribution < -0.4 is 33.2 Å². The van der Waals surface area contributed by atoms with Gasteiger partial charge in [-0.15, -0.1) is 0 Å². The van der Waals surface area contributed by atoms with E-state index in [2.05, 4.69) is 16.0 Å². The predicted octanol–water partition coefficient (Wildman–Crippen LogP) is 0.308. The molecule has 21 heavy (non-hydrogen) atoms. The first-order chi connectivity index (χ1) is 9.65. The van der Waals surface area contributed by atoms with Gasteiger partial charge in [-0.2, -0.15) is 0 Å². The Hall–Kier alpha value is -2.97. The average molecular weight is 294 g/mol. The Balaban J connectivity index is 3.60. The van der Waals surface area contributed by atoms with Crippen LogP contribution in [0.25, 0.3) is 0 Å². The van der Waals surface area contributed by atoms with Crippen LogP contribution in [0.3, 0.4) is 0 Å². The number of benzene rings is 1. The molecule has 9 heteroatoms. The van der Waals surface area contributed by atoms with E-state index in [0.717, 1.165) is 0 Å². The molecular formula is C12H18N6O3. The maximum absolute atomic E-state index is 11.2. The molecule has 0 heterocycles. The zero-order valence-electron chi connectivity index (χ0n) is 12.0. The lowest BCUT2D eigenvalue weighted by Gasteiger charge is -2.21. The van der Waals surface area contributed by atoms with Crippen LogP contribution in [0.15, 0.2) is 0 Å². The van der Waals surface area contributed by atoms with E-state index in [1.54, 1.807) is 0 Å². The molecule has 9 nitrogen and oxygen atoms in total. The summed E-state index contributed by atoms with van der Waals surface area (Å²) in [5, 5.41) is 7.35. The number of hydrogen-bond donors (Lipinski definition) is 6. The molecule has 0 radical (unpaired) electrons. The minimum absolute atomic E-state index is 0.00417. The third kappa shape index (κ3) is 3.53. The van der Waals surface area contributed by atoms with Crippen molar-refractivity contribution in [3.8, 4) is 0 Å². The molecule has 114 valence electrons. The molecule has 9 N–H and O–H groups in total. The van der Waals surface area contributed by atoms with E-state index in [4.69, 9.17) is 17.2 Å². The van der Waals surface area contributed by atoms with Gasteiger partial charge in [0.15, 0.2) is 0 Å². The highest BCUT2D eigenvalue weighted by molar-refractivity contribution is 6.14. The summed E-state index contributed by atoms with van der Waals surface area (Å²) < 4.78 is 0. The van der Waals surface area contributed by atoms with E-state index in [9.17, 15) is 14.4 Å².